The van der Waals surface area contributed by atoms with Gasteiger partial charge in [-0.3, -0.25) is 0 Å². The quantitative estimate of drug-likeness (QED) is 0.705. The zero-order chi connectivity index (χ0) is 16.5. The van der Waals surface area contributed by atoms with Gasteiger partial charge < -0.3 is 4.74 Å². The molecule has 1 aliphatic rings. The highest BCUT2D eigenvalue weighted by Gasteiger charge is 2.38. The second-order valence-corrected chi connectivity index (χ2v) is 8.59. The number of nitrogens with zero attached hydrogens (tertiary/aromatic N) is 1. The molecule has 4 nitrogen and oxygen atoms in total. The minimum atomic E-state index is -4.53. The van der Waals surface area contributed by atoms with E-state index in [-0.39, 0.29) is 28.8 Å². The standard InChI is InChI=1S/C13H18F3NO3S2/c1-3-4-5-9-6-11(21-12(9)13(14,15)16)22(18,19)17(2)7-10-8-20-10/h6,10H,3-5,7-8H2,1-2H3/t10-/m0/s1. The Labute approximate surface area is 131 Å². The molecule has 2 heterocycles. The molecule has 0 N–H and O–H groups in total. The van der Waals surface area contributed by atoms with Gasteiger partial charge in [0.1, 0.15) is 9.09 Å². The predicted octanol–water partition coefficient (Wildman–Crippen LogP) is 3.13. The molecule has 0 aromatic carbocycles. The van der Waals surface area contributed by atoms with Crippen LogP contribution in [0.15, 0.2) is 10.3 Å². The lowest BCUT2D eigenvalue weighted by atomic mass is 10.1. The highest BCUT2D eigenvalue weighted by Crippen LogP contribution is 2.40. The lowest BCUT2D eigenvalue weighted by Gasteiger charge is -2.14. The Bertz CT molecular complexity index is 621. The van der Waals surface area contributed by atoms with Crippen molar-refractivity contribution in [3.8, 4) is 0 Å². The van der Waals surface area contributed by atoms with Crippen molar-refractivity contribution in [2.24, 2.45) is 0 Å². The van der Waals surface area contributed by atoms with Gasteiger partial charge >= 0.3 is 6.18 Å². The summed E-state index contributed by atoms with van der Waals surface area (Å²) in [4.78, 5) is -0.810. The van der Waals surface area contributed by atoms with Gasteiger partial charge in [0.15, 0.2) is 0 Å². The Hall–Kier alpha value is -0.640. The summed E-state index contributed by atoms with van der Waals surface area (Å²) < 4.78 is 69.8. The summed E-state index contributed by atoms with van der Waals surface area (Å²) in [5.41, 5.74) is 0.0639. The fourth-order valence-electron chi connectivity index (χ4n) is 2.04. The number of sulfonamides is 1. The molecule has 0 amide bonds. The van der Waals surface area contributed by atoms with Crippen LogP contribution in [0.5, 0.6) is 0 Å². The van der Waals surface area contributed by atoms with E-state index in [1.54, 1.807) is 0 Å². The Morgan fingerprint density at radius 3 is 2.59 bits per heavy atom. The Balaban J connectivity index is 2.31. The van der Waals surface area contributed by atoms with Crippen molar-refractivity contribution in [2.75, 3.05) is 20.2 Å². The summed E-state index contributed by atoms with van der Waals surface area (Å²) in [5.74, 6) is 0. The molecule has 126 valence electrons. The summed E-state index contributed by atoms with van der Waals surface area (Å²) >= 11 is 0.304. The van der Waals surface area contributed by atoms with Crippen molar-refractivity contribution in [3.05, 3.63) is 16.5 Å². The van der Waals surface area contributed by atoms with Gasteiger partial charge in [-0.25, -0.2) is 8.42 Å². The molecule has 1 atom stereocenters. The number of hydrogen-bond acceptors (Lipinski definition) is 4. The van der Waals surface area contributed by atoms with Crippen LogP contribution in [0.1, 0.15) is 30.2 Å². The van der Waals surface area contributed by atoms with Crippen molar-refractivity contribution in [3.63, 3.8) is 0 Å². The van der Waals surface area contributed by atoms with Crippen molar-refractivity contribution >= 4 is 21.4 Å². The van der Waals surface area contributed by atoms with Gasteiger partial charge in [-0.15, -0.1) is 11.3 Å². The zero-order valence-corrected chi connectivity index (χ0v) is 13.9. The van der Waals surface area contributed by atoms with E-state index in [1.807, 2.05) is 6.92 Å². The second kappa shape index (κ2) is 6.46. The van der Waals surface area contributed by atoms with Crippen LogP contribution in [0, 0.1) is 0 Å². The van der Waals surface area contributed by atoms with Crippen LogP contribution in [0.3, 0.4) is 0 Å². The molecule has 0 spiro atoms. The third-order valence-electron chi connectivity index (χ3n) is 3.37. The smallest absolute Gasteiger partial charge is 0.372 e. The first-order valence-electron chi connectivity index (χ1n) is 6.94. The van der Waals surface area contributed by atoms with Crippen LogP contribution in [-0.2, 0) is 27.4 Å². The summed E-state index contributed by atoms with van der Waals surface area (Å²) in [7, 11) is -2.55. The number of likely N-dealkylation sites (N-methyl/N-ethyl adjacent to an activating group) is 1. The first-order chi connectivity index (χ1) is 10.2. The summed E-state index contributed by atoms with van der Waals surface area (Å²) in [6, 6.07) is 1.17. The van der Waals surface area contributed by atoms with E-state index in [0.29, 0.717) is 24.4 Å². The number of aryl methyl sites for hydroxylation is 1. The predicted molar refractivity (Wildman–Crippen MR) is 77.5 cm³/mol. The van der Waals surface area contributed by atoms with Gasteiger partial charge in [-0.05, 0) is 24.5 Å². The number of hydrogen-bond donors (Lipinski definition) is 0. The number of thiophene rings is 1. The van der Waals surface area contributed by atoms with Crippen LogP contribution < -0.4 is 0 Å². The maximum atomic E-state index is 13.1. The van der Waals surface area contributed by atoms with E-state index in [0.717, 1.165) is 10.7 Å². The summed E-state index contributed by atoms with van der Waals surface area (Å²) in [6.07, 6.45) is -3.12. The Morgan fingerprint density at radius 1 is 1.45 bits per heavy atom. The van der Waals surface area contributed by atoms with E-state index in [1.165, 1.54) is 13.1 Å². The van der Waals surface area contributed by atoms with Crippen molar-refractivity contribution in [1.82, 2.24) is 4.31 Å². The molecular formula is C13H18F3NO3S2. The molecule has 2 rings (SSSR count). The molecule has 0 radical (unpaired) electrons. The molecule has 1 aromatic rings. The molecule has 0 bridgehead atoms. The number of epoxide rings is 1. The van der Waals surface area contributed by atoms with Gasteiger partial charge in [0.25, 0.3) is 10.0 Å². The van der Waals surface area contributed by atoms with Crippen LogP contribution in [0.25, 0.3) is 0 Å². The fraction of sp³-hybridized carbons (Fsp3) is 0.692. The molecule has 9 heteroatoms. The van der Waals surface area contributed by atoms with E-state index >= 15 is 0 Å². The van der Waals surface area contributed by atoms with E-state index in [2.05, 4.69) is 0 Å². The van der Waals surface area contributed by atoms with Gasteiger partial charge in [0.05, 0.1) is 12.7 Å². The highest BCUT2D eigenvalue weighted by atomic mass is 32.2. The number of ether oxygens (including phenoxy) is 1. The highest BCUT2D eigenvalue weighted by molar-refractivity contribution is 7.91. The minimum absolute atomic E-state index is 0.0639. The summed E-state index contributed by atoms with van der Waals surface area (Å²) in [6.45, 7) is 2.52. The SMILES string of the molecule is CCCCc1cc(S(=O)(=O)N(C)C[C@H]2CO2)sc1C(F)(F)F. The van der Waals surface area contributed by atoms with E-state index in [9.17, 15) is 21.6 Å². The second-order valence-electron chi connectivity index (χ2n) is 5.26. The molecule has 1 aliphatic heterocycles. The van der Waals surface area contributed by atoms with Gasteiger partial charge in [-0.1, -0.05) is 13.3 Å². The Morgan fingerprint density at radius 2 is 2.09 bits per heavy atom. The lowest BCUT2D eigenvalue weighted by Crippen LogP contribution is -2.30. The van der Waals surface area contributed by atoms with Crippen LogP contribution in [0.2, 0.25) is 0 Å². The minimum Gasteiger partial charge on any atom is -0.372 e. The maximum Gasteiger partial charge on any atom is 0.425 e. The summed E-state index contributed by atoms with van der Waals surface area (Å²) in [5, 5.41) is 0. The third kappa shape index (κ3) is 4.01. The third-order valence-corrected chi connectivity index (χ3v) is 6.87. The maximum absolute atomic E-state index is 13.1. The Kier molecular flexibility index (Phi) is 5.20. The average molecular weight is 357 g/mol. The number of halogens is 3. The molecular weight excluding hydrogens is 339 g/mol. The molecule has 0 saturated carbocycles. The molecule has 1 saturated heterocycles. The number of alkyl halides is 3. The first-order valence-corrected chi connectivity index (χ1v) is 9.19. The molecule has 22 heavy (non-hydrogen) atoms. The largest absolute Gasteiger partial charge is 0.425 e. The topological polar surface area (TPSA) is 49.9 Å². The van der Waals surface area contributed by atoms with Gasteiger partial charge in [0, 0.05) is 13.6 Å². The number of unbranched alkanes of at least 4 members (excludes halogenated alkanes) is 1. The van der Waals surface area contributed by atoms with Crippen molar-refractivity contribution in [2.45, 2.75) is 42.7 Å². The first kappa shape index (κ1) is 17.7. The lowest BCUT2D eigenvalue weighted by molar-refractivity contribution is -0.134. The van der Waals surface area contributed by atoms with Gasteiger partial charge in [-0.2, -0.15) is 17.5 Å². The van der Waals surface area contributed by atoms with Gasteiger partial charge in [0.2, 0.25) is 0 Å². The van der Waals surface area contributed by atoms with E-state index in [4.69, 9.17) is 4.74 Å². The monoisotopic (exact) mass is 357 g/mol. The molecule has 1 aromatic heterocycles. The molecule has 0 aliphatic carbocycles. The average Bonchev–Trinajstić information content (AvgIpc) is 3.10. The van der Waals surface area contributed by atoms with Crippen LogP contribution >= 0.6 is 11.3 Å². The van der Waals surface area contributed by atoms with Crippen molar-refractivity contribution < 1.29 is 26.3 Å². The molecule has 1 fully saturated rings. The normalized spacial score (nSPS) is 18.9. The fourth-order valence-corrected chi connectivity index (χ4v) is 4.86. The van der Waals surface area contributed by atoms with E-state index < -0.39 is 21.1 Å². The number of rotatable bonds is 7. The molecule has 0 unspecified atom stereocenters. The zero-order valence-electron chi connectivity index (χ0n) is 12.3. The van der Waals surface area contributed by atoms with Crippen LogP contribution in [0.4, 0.5) is 13.2 Å². The van der Waals surface area contributed by atoms with Crippen LogP contribution in [-0.4, -0.2) is 39.0 Å². The van der Waals surface area contributed by atoms with Crippen molar-refractivity contribution in [1.29, 1.82) is 0 Å².